The lowest BCUT2D eigenvalue weighted by Gasteiger charge is -2.10. The Morgan fingerprint density at radius 3 is 2.80 bits per heavy atom. The molecule has 5 nitrogen and oxygen atoms in total. The van der Waals surface area contributed by atoms with Gasteiger partial charge in [-0.1, -0.05) is 12.1 Å². The number of para-hydroxylation sites is 2. The predicted octanol–water partition coefficient (Wildman–Crippen LogP) is 2.71. The predicted molar refractivity (Wildman–Crippen MR) is 78.7 cm³/mol. The Hall–Kier alpha value is -1.88. The van der Waals surface area contributed by atoms with Crippen molar-refractivity contribution in [3.05, 3.63) is 42.2 Å². The molecule has 2 aromatic heterocycles. The van der Waals surface area contributed by atoms with Crippen molar-refractivity contribution in [2.24, 2.45) is 7.05 Å². The molecule has 0 saturated heterocycles. The fraction of sp³-hybridized carbons (Fsp3) is 0.357. The van der Waals surface area contributed by atoms with Gasteiger partial charge in [0.05, 0.1) is 16.4 Å². The Morgan fingerprint density at radius 1 is 1.30 bits per heavy atom. The molecule has 0 aliphatic heterocycles. The van der Waals surface area contributed by atoms with E-state index in [0.29, 0.717) is 0 Å². The number of alkyl halides is 1. The quantitative estimate of drug-likeness (QED) is 0.694. The van der Waals surface area contributed by atoms with E-state index in [-0.39, 0.29) is 5.38 Å². The zero-order chi connectivity index (χ0) is 14.1. The average molecular weight is 290 g/mol. The molecule has 20 heavy (non-hydrogen) atoms. The maximum Gasteiger partial charge on any atom is 0.134 e. The van der Waals surface area contributed by atoms with Gasteiger partial charge in [-0.15, -0.1) is 21.8 Å². The summed E-state index contributed by atoms with van der Waals surface area (Å²) in [6.45, 7) is 2.74. The highest BCUT2D eigenvalue weighted by molar-refractivity contribution is 6.20. The lowest BCUT2D eigenvalue weighted by molar-refractivity contribution is 0.632. The standard InChI is InChI=1S/C14H16ClN5/c1-10(15)14-17-11-5-3-4-6-12(11)20(14)8-7-13-18-16-9-19(13)2/h3-6,9-10H,7-8H2,1-2H3. The number of hydrogen-bond acceptors (Lipinski definition) is 3. The van der Waals surface area contributed by atoms with Crippen molar-refractivity contribution in [3.63, 3.8) is 0 Å². The number of imidazole rings is 1. The van der Waals surface area contributed by atoms with Gasteiger partial charge in [0.2, 0.25) is 0 Å². The van der Waals surface area contributed by atoms with E-state index in [1.165, 1.54) is 0 Å². The fourth-order valence-electron chi connectivity index (χ4n) is 2.38. The number of hydrogen-bond donors (Lipinski definition) is 0. The van der Waals surface area contributed by atoms with Crippen LogP contribution in [0.2, 0.25) is 0 Å². The summed E-state index contributed by atoms with van der Waals surface area (Å²) in [5.74, 6) is 1.85. The third kappa shape index (κ3) is 2.29. The second kappa shape index (κ2) is 5.25. The van der Waals surface area contributed by atoms with E-state index >= 15 is 0 Å². The van der Waals surface area contributed by atoms with Crippen LogP contribution >= 0.6 is 11.6 Å². The van der Waals surface area contributed by atoms with Crippen LogP contribution in [-0.4, -0.2) is 24.3 Å². The van der Waals surface area contributed by atoms with Crippen molar-refractivity contribution < 1.29 is 0 Å². The van der Waals surface area contributed by atoms with E-state index in [1.54, 1.807) is 6.33 Å². The number of halogens is 1. The maximum absolute atomic E-state index is 6.26. The molecule has 1 atom stereocenters. The van der Waals surface area contributed by atoms with Crippen LogP contribution in [0.3, 0.4) is 0 Å². The minimum absolute atomic E-state index is 0.123. The molecule has 6 heteroatoms. The fourth-order valence-corrected chi connectivity index (χ4v) is 2.54. The number of nitrogens with zero attached hydrogens (tertiary/aromatic N) is 5. The van der Waals surface area contributed by atoms with E-state index < -0.39 is 0 Å². The Balaban J connectivity index is 1.97. The largest absolute Gasteiger partial charge is 0.326 e. The number of aromatic nitrogens is 5. The van der Waals surface area contributed by atoms with Crippen LogP contribution in [0.4, 0.5) is 0 Å². The molecule has 0 bridgehead atoms. The first-order valence-corrected chi connectivity index (χ1v) is 7.02. The molecule has 0 saturated carbocycles. The average Bonchev–Trinajstić information content (AvgIpc) is 3.00. The van der Waals surface area contributed by atoms with Gasteiger partial charge in [0.25, 0.3) is 0 Å². The molecule has 0 aliphatic rings. The molecule has 2 heterocycles. The highest BCUT2D eigenvalue weighted by Crippen LogP contribution is 2.24. The van der Waals surface area contributed by atoms with Crippen LogP contribution in [0, 0.1) is 0 Å². The van der Waals surface area contributed by atoms with Crippen LogP contribution in [0.25, 0.3) is 11.0 Å². The van der Waals surface area contributed by atoms with Crippen LogP contribution < -0.4 is 0 Å². The summed E-state index contributed by atoms with van der Waals surface area (Å²) in [5, 5.41) is 7.90. The summed E-state index contributed by atoms with van der Waals surface area (Å²) in [6.07, 6.45) is 2.51. The summed E-state index contributed by atoms with van der Waals surface area (Å²) < 4.78 is 4.10. The third-order valence-electron chi connectivity index (χ3n) is 3.40. The topological polar surface area (TPSA) is 48.5 Å². The van der Waals surface area contributed by atoms with Crippen molar-refractivity contribution in [2.45, 2.75) is 25.3 Å². The number of rotatable bonds is 4. The van der Waals surface area contributed by atoms with Gasteiger partial charge < -0.3 is 9.13 Å². The maximum atomic E-state index is 6.26. The Bertz CT molecular complexity index is 728. The SMILES string of the molecule is CC(Cl)c1nc2ccccc2n1CCc1nncn1C. The molecule has 0 N–H and O–H groups in total. The van der Waals surface area contributed by atoms with Crippen molar-refractivity contribution in [1.29, 1.82) is 0 Å². The summed E-state index contributed by atoms with van der Waals surface area (Å²) in [5.41, 5.74) is 2.09. The molecule has 0 fully saturated rings. The van der Waals surface area contributed by atoms with E-state index in [4.69, 9.17) is 11.6 Å². The lowest BCUT2D eigenvalue weighted by Crippen LogP contribution is -2.09. The van der Waals surface area contributed by atoms with E-state index in [9.17, 15) is 0 Å². The second-order valence-corrected chi connectivity index (χ2v) is 5.49. The molecular formula is C14H16ClN5. The molecule has 0 radical (unpaired) electrons. The minimum atomic E-state index is -0.123. The molecule has 3 rings (SSSR count). The zero-order valence-corrected chi connectivity index (χ0v) is 12.2. The zero-order valence-electron chi connectivity index (χ0n) is 11.5. The molecule has 1 aromatic carbocycles. The highest BCUT2D eigenvalue weighted by Gasteiger charge is 2.15. The monoisotopic (exact) mass is 289 g/mol. The molecule has 3 aromatic rings. The second-order valence-electron chi connectivity index (χ2n) is 4.83. The van der Waals surface area contributed by atoms with Crippen molar-refractivity contribution in [3.8, 4) is 0 Å². The summed E-state index contributed by atoms with van der Waals surface area (Å²) in [7, 11) is 1.95. The number of aryl methyl sites for hydroxylation is 3. The summed E-state index contributed by atoms with van der Waals surface area (Å²) in [4.78, 5) is 4.62. The van der Waals surface area contributed by atoms with Gasteiger partial charge in [-0.25, -0.2) is 4.98 Å². The number of fused-ring (bicyclic) bond motifs is 1. The minimum Gasteiger partial charge on any atom is -0.326 e. The van der Waals surface area contributed by atoms with Gasteiger partial charge in [0.15, 0.2) is 0 Å². The van der Waals surface area contributed by atoms with Crippen LogP contribution in [0.15, 0.2) is 30.6 Å². The van der Waals surface area contributed by atoms with Gasteiger partial charge in [0, 0.05) is 20.0 Å². The Labute approximate surface area is 122 Å². The van der Waals surface area contributed by atoms with Crippen LogP contribution in [0.5, 0.6) is 0 Å². The van der Waals surface area contributed by atoms with Crippen LogP contribution in [-0.2, 0) is 20.0 Å². The smallest absolute Gasteiger partial charge is 0.134 e. The first-order valence-electron chi connectivity index (χ1n) is 6.59. The van der Waals surface area contributed by atoms with Gasteiger partial charge in [-0.2, -0.15) is 0 Å². The van der Waals surface area contributed by atoms with E-state index in [2.05, 4.69) is 25.8 Å². The molecule has 0 aliphatic carbocycles. The summed E-state index contributed by atoms with van der Waals surface area (Å²) >= 11 is 6.26. The first kappa shape index (κ1) is 13.1. The normalized spacial score (nSPS) is 12.9. The van der Waals surface area contributed by atoms with Crippen molar-refractivity contribution >= 4 is 22.6 Å². The Morgan fingerprint density at radius 2 is 2.10 bits per heavy atom. The summed E-state index contributed by atoms with van der Waals surface area (Å²) in [6, 6.07) is 8.09. The van der Waals surface area contributed by atoms with E-state index in [1.807, 2.05) is 36.7 Å². The number of benzene rings is 1. The van der Waals surface area contributed by atoms with Gasteiger partial charge in [0.1, 0.15) is 18.0 Å². The van der Waals surface area contributed by atoms with Crippen molar-refractivity contribution in [1.82, 2.24) is 24.3 Å². The molecular weight excluding hydrogens is 274 g/mol. The molecule has 0 spiro atoms. The third-order valence-corrected chi connectivity index (χ3v) is 3.60. The lowest BCUT2D eigenvalue weighted by atomic mass is 10.3. The molecule has 104 valence electrons. The first-order chi connectivity index (χ1) is 9.66. The van der Waals surface area contributed by atoms with Gasteiger partial charge >= 0.3 is 0 Å². The van der Waals surface area contributed by atoms with Crippen LogP contribution in [0.1, 0.15) is 23.9 Å². The van der Waals surface area contributed by atoms with Gasteiger partial charge in [-0.3, -0.25) is 0 Å². The van der Waals surface area contributed by atoms with Crippen molar-refractivity contribution in [2.75, 3.05) is 0 Å². The van der Waals surface area contributed by atoms with E-state index in [0.717, 1.165) is 35.6 Å². The Kier molecular flexibility index (Phi) is 3.44. The molecule has 0 amide bonds. The molecule has 1 unspecified atom stereocenters. The van der Waals surface area contributed by atoms with Gasteiger partial charge in [-0.05, 0) is 19.1 Å². The highest BCUT2D eigenvalue weighted by atomic mass is 35.5.